The molecule has 4 unspecified atom stereocenters. The van der Waals surface area contributed by atoms with Crippen LogP contribution in [0.5, 0.6) is 0 Å². The lowest BCUT2D eigenvalue weighted by molar-refractivity contribution is -0.146. The van der Waals surface area contributed by atoms with E-state index in [1.807, 2.05) is 11.8 Å². The van der Waals surface area contributed by atoms with Crippen molar-refractivity contribution in [2.75, 3.05) is 13.1 Å². The van der Waals surface area contributed by atoms with Crippen LogP contribution in [0.25, 0.3) is 0 Å². The summed E-state index contributed by atoms with van der Waals surface area (Å²) in [7, 11) is 0. The highest BCUT2D eigenvalue weighted by Gasteiger charge is 2.54. The quantitative estimate of drug-likeness (QED) is 0.797. The Morgan fingerprint density at radius 3 is 2.28 bits per heavy atom. The molecule has 18 heavy (non-hydrogen) atoms. The predicted molar refractivity (Wildman–Crippen MR) is 68.9 cm³/mol. The van der Waals surface area contributed by atoms with Crippen LogP contribution in [0.2, 0.25) is 0 Å². The van der Waals surface area contributed by atoms with Crippen molar-refractivity contribution in [3.8, 4) is 0 Å². The summed E-state index contributed by atoms with van der Waals surface area (Å²) in [5.74, 6) is 1.24. The van der Waals surface area contributed by atoms with Gasteiger partial charge in [-0.1, -0.05) is 6.92 Å². The Morgan fingerprint density at radius 1 is 1.22 bits per heavy atom. The van der Waals surface area contributed by atoms with E-state index in [9.17, 15) is 4.79 Å². The van der Waals surface area contributed by atoms with E-state index in [0.717, 1.165) is 13.1 Å². The van der Waals surface area contributed by atoms with E-state index in [0.29, 0.717) is 11.8 Å². The van der Waals surface area contributed by atoms with Crippen LogP contribution in [-0.2, 0) is 9.53 Å². The van der Waals surface area contributed by atoms with Crippen molar-refractivity contribution < 1.29 is 9.53 Å². The Morgan fingerprint density at radius 2 is 1.83 bits per heavy atom. The van der Waals surface area contributed by atoms with E-state index < -0.39 is 0 Å². The molecular formula is C14H24N2O2. The van der Waals surface area contributed by atoms with E-state index in [1.54, 1.807) is 0 Å². The SMILES string of the molecule is CC1OC(C)C(C(=O)N2CC(N)(C3CC3)C2)C1C. The zero-order chi connectivity index (χ0) is 13.1. The predicted octanol–water partition coefficient (Wildman–Crippen LogP) is 0.996. The van der Waals surface area contributed by atoms with Crippen LogP contribution in [0.1, 0.15) is 33.6 Å². The first kappa shape index (κ1) is 12.4. The van der Waals surface area contributed by atoms with Crippen molar-refractivity contribution in [2.24, 2.45) is 23.5 Å². The van der Waals surface area contributed by atoms with Gasteiger partial charge in [0.25, 0.3) is 0 Å². The molecule has 0 bridgehead atoms. The summed E-state index contributed by atoms with van der Waals surface area (Å²) in [6.45, 7) is 7.69. The van der Waals surface area contributed by atoms with Crippen LogP contribution in [0.3, 0.4) is 0 Å². The summed E-state index contributed by atoms with van der Waals surface area (Å²) in [5.41, 5.74) is 6.23. The third kappa shape index (κ3) is 1.77. The minimum Gasteiger partial charge on any atom is -0.374 e. The van der Waals surface area contributed by atoms with Crippen LogP contribution in [-0.4, -0.2) is 41.6 Å². The molecule has 0 aromatic rings. The molecule has 2 N–H and O–H groups in total. The van der Waals surface area contributed by atoms with E-state index in [2.05, 4.69) is 13.8 Å². The highest BCUT2D eigenvalue weighted by atomic mass is 16.5. The molecule has 0 spiro atoms. The van der Waals surface area contributed by atoms with Crippen molar-refractivity contribution in [1.82, 2.24) is 4.90 Å². The maximum absolute atomic E-state index is 12.5. The van der Waals surface area contributed by atoms with E-state index in [4.69, 9.17) is 10.5 Å². The first-order valence-corrected chi connectivity index (χ1v) is 7.15. The van der Waals surface area contributed by atoms with Gasteiger partial charge in [0, 0.05) is 13.1 Å². The number of amides is 1. The zero-order valence-electron chi connectivity index (χ0n) is 11.6. The van der Waals surface area contributed by atoms with Gasteiger partial charge in [-0.25, -0.2) is 0 Å². The molecule has 2 heterocycles. The number of hydrogen-bond donors (Lipinski definition) is 1. The third-order valence-electron chi connectivity index (χ3n) is 5.20. The largest absolute Gasteiger partial charge is 0.374 e. The number of likely N-dealkylation sites (tertiary alicyclic amines) is 1. The maximum Gasteiger partial charge on any atom is 0.228 e. The van der Waals surface area contributed by atoms with Gasteiger partial charge in [0.05, 0.1) is 23.7 Å². The first-order valence-electron chi connectivity index (χ1n) is 7.15. The summed E-state index contributed by atoms with van der Waals surface area (Å²) < 4.78 is 5.76. The fourth-order valence-electron chi connectivity index (χ4n) is 3.64. The average molecular weight is 252 g/mol. The van der Waals surface area contributed by atoms with Gasteiger partial charge >= 0.3 is 0 Å². The minimum atomic E-state index is -0.0762. The Hall–Kier alpha value is -0.610. The lowest BCUT2D eigenvalue weighted by atomic mass is 9.82. The molecule has 4 atom stereocenters. The van der Waals surface area contributed by atoms with Crippen LogP contribution < -0.4 is 5.73 Å². The molecule has 3 rings (SSSR count). The highest BCUT2D eigenvalue weighted by Crippen LogP contribution is 2.44. The fourth-order valence-corrected chi connectivity index (χ4v) is 3.64. The summed E-state index contributed by atoms with van der Waals surface area (Å²) in [6.07, 6.45) is 2.71. The van der Waals surface area contributed by atoms with Gasteiger partial charge in [-0.2, -0.15) is 0 Å². The van der Waals surface area contributed by atoms with Crippen molar-refractivity contribution in [1.29, 1.82) is 0 Å². The van der Waals surface area contributed by atoms with Gasteiger partial charge in [0.15, 0.2) is 0 Å². The number of ether oxygens (including phenoxy) is 1. The Kier molecular flexibility index (Phi) is 2.72. The molecule has 0 aromatic heterocycles. The Balaban J connectivity index is 1.62. The number of rotatable bonds is 2. The molecule has 4 nitrogen and oxygen atoms in total. The number of nitrogens with zero attached hydrogens (tertiary/aromatic N) is 1. The monoisotopic (exact) mass is 252 g/mol. The van der Waals surface area contributed by atoms with Crippen molar-refractivity contribution in [3.05, 3.63) is 0 Å². The molecule has 0 aromatic carbocycles. The molecule has 4 heteroatoms. The minimum absolute atomic E-state index is 0.0174. The average Bonchev–Trinajstić information content (AvgIpc) is 3.04. The van der Waals surface area contributed by atoms with Crippen molar-refractivity contribution in [2.45, 2.75) is 51.4 Å². The number of hydrogen-bond acceptors (Lipinski definition) is 3. The summed E-state index contributed by atoms with van der Waals surface area (Å²) >= 11 is 0. The molecule has 102 valence electrons. The topological polar surface area (TPSA) is 55.6 Å². The summed E-state index contributed by atoms with van der Waals surface area (Å²) in [5, 5.41) is 0. The summed E-state index contributed by atoms with van der Waals surface area (Å²) in [4.78, 5) is 14.5. The van der Waals surface area contributed by atoms with E-state index >= 15 is 0 Å². The Bertz CT molecular complexity index is 361. The zero-order valence-corrected chi connectivity index (χ0v) is 11.6. The molecule has 3 aliphatic rings. The lowest BCUT2D eigenvalue weighted by Crippen LogP contribution is -2.70. The molecule has 3 fully saturated rings. The number of carbonyl (C=O) groups excluding carboxylic acids is 1. The van der Waals surface area contributed by atoms with Gasteiger partial charge in [-0.05, 0) is 38.5 Å². The van der Waals surface area contributed by atoms with Crippen LogP contribution in [0.15, 0.2) is 0 Å². The van der Waals surface area contributed by atoms with Crippen molar-refractivity contribution >= 4 is 5.91 Å². The van der Waals surface area contributed by atoms with Gasteiger partial charge < -0.3 is 15.4 Å². The van der Waals surface area contributed by atoms with E-state index in [1.165, 1.54) is 12.8 Å². The molecule has 0 radical (unpaired) electrons. The second kappa shape index (κ2) is 3.94. The highest BCUT2D eigenvalue weighted by molar-refractivity contribution is 5.81. The molecule has 2 saturated heterocycles. The van der Waals surface area contributed by atoms with Gasteiger partial charge in [0.2, 0.25) is 5.91 Å². The lowest BCUT2D eigenvalue weighted by Gasteiger charge is -2.49. The first-order chi connectivity index (χ1) is 8.42. The summed E-state index contributed by atoms with van der Waals surface area (Å²) in [6, 6.07) is 0. The van der Waals surface area contributed by atoms with Gasteiger partial charge in [-0.3, -0.25) is 4.79 Å². The second-order valence-corrected chi connectivity index (χ2v) is 6.63. The van der Waals surface area contributed by atoms with Crippen LogP contribution in [0, 0.1) is 17.8 Å². The third-order valence-corrected chi connectivity index (χ3v) is 5.20. The standard InChI is InChI=1S/C14H24N2O2/c1-8-9(2)18-10(3)12(8)13(17)16-6-14(15,7-16)11-4-5-11/h8-12H,4-7,15H2,1-3H3. The molecular weight excluding hydrogens is 228 g/mol. The van der Waals surface area contributed by atoms with E-state index in [-0.39, 0.29) is 29.6 Å². The molecule has 1 amide bonds. The van der Waals surface area contributed by atoms with Gasteiger partial charge in [0.1, 0.15) is 0 Å². The fraction of sp³-hybridized carbons (Fsp3) is 0.929. The molecule has 2 aliphatic heterocycles. The van der Waals surface area contributed by atoms with Crippen LogP contribution in [0.4, 0.5) is 0 Å². The normalized spacial score (nSPS) is 42.8. The number of nitrogens with two attached hydrogens (primary N) is 1. The maximum atomic E-state index is 12.5. The second-order valence-electron chi connectivity index (χ2n) is 6.63. The van der Waals surface area contributed by atoms with Crippen molar-refractivity contribution in [3.63, 3.8) is 0 Å². The number of carbonyl (C=O) groups is 1. The molecule has 1 aliphatic carbocycles. The smallest absolute Gasteiger partial charge is 0.228 e. The molecule has 1 saturated carbocycles. The van der Waals surface area contributed by atoms with Crippen LogP contribution >= 0.6 is 0 Å². The van der Waals surface area contributed by atoms with Gasteiger partial charge in [-0.15, -0.1) is 0 Å². The Labute approximate surface area is 109 Å².